The number of allylic oxidation sites excluding steroid dienone is 1. The molecule has 1 amide bonds. The van der Waals surface area contributed by atoms with Gasteiger partial charge in [-0.1, -0.05) is 30.4 Å². The van der Waals surface area contributed by atoms with Crippen molar-refractivity contribution in [3.8, 4) is 0 Å². The third kappa shape index (κ3) is 6.10. The van der Waals surface area contributed by atoms with Gasteiger partial charge in [0, 0.05) is 19.4 Å². The first-order valence-electron chi connectivity index (χ1n) is 8.93. The Morgan fingerprint density at radius 2 is 1.81 bits per heavy atom. The summed E-state index contributed by atoms with van der Waals surface area (Å²) in [5.74, 6) is -0.553. The van der Waals surface area contributed by atoms with Gasteiger partial charge in [0.05, 0.1) is 5.54 Å². The second-order valence-electron chi connectivity index (χ2n) is 8.04. The monoisotopic (exact) mass is 377 g/mol. The number of nitrogens with zero attached hydrogens (tertiary/aromatic N) is 1. The van der Waals surface area contributed by atoms with E-state index in [2.05, 4.69) is 11.5 Å². The van der Waals surface area contributed by atoms with Crippen LogP contribution in [0.3, 0.4) is 0 Å². The van der Waals surface area contributed by atoms with Gasteiger partial charge in [0.15, 0.2) is 0 Å². The molecule has 1 rings (SSSR count). The molecule has 0 aliphatic heterocycles. The summed E-state index contributed by atoms with van der Waals surface area (Å²) in [6, 6.07) is 7.34. The smallest absolute Gasteiger partial charge is 0.408 e. The molecule has 6 nitrogen and oxygen atoms in total. The van der Waals surface area contributed by atoms with E-state index < -0.39 is 29.2 Å². The molecule has 6 heteroatoms. The van der Waals surface area contributed by atoms with Crippen molar-refractivity contribution in [3.63, 3.8) is 0 Å². The van der Waals surface area contributed by atoms with Gasteiger partial charge in [-0.25, -0.2) is 9.59 Å². The molecule has 150 valence electrons. The fourth-order valence-corrected chi connectivity index (χ4v) is 3.29. The molecule has 27 heavy (non-hydrogen) atoms. The van der Waals surface area contributed by atoms with Crippen LogP contribution in [0.5, 0.6) is 0 Å². The lowest BCUT2D eigenvalue weighted by atomic mass is 9.87. The van der Waals surface area contributed by atoms with Crippen LogP contribution in [0.25, 0.3) is 5.57 Å². The molecule has 0 heterocycles. The highest BCUT2D eigenvalue weighted by Crippen LogP contribution is 2.34. The molecule has 1 aromatic carbocycles. The number of carbonyl (C=O) groups is 2. The van der Waals surface area contributed by atoms with Crippen LogP contribution < -0.4 is 0 Å². The third-order valence-corrected chi connectivity index (χ3v) is 4.48. The molecule has 1 aromatic rings. The minimum absolute atomic E-state index is 0.343. The van der Waals surface area contributed by atoms with Gasteiger partial charge in [0.1, 0.15) is 5.60 Å². The Kier molecular flexibility index (Phi) is 7.20. The molecule has 0 aliphatic rings. The van der Waals surface area contributed by atoms with E-state index in [1.54, 1.807) is 13.8 Å². The minimum atomic E-state index is -1.03. The van der Waals surface area contributed by atoms with Gasteiger partial charge < -0.3 is 5.11 Å². The predicted octanol–water partition coefficient (Wildman–Crippen LogP) is 4.99. The Bertz CT molecular complexity index is 708. The van der Waals surface area contributed by atoms with Crippen LogP contribution in [0.4, 0.5) is 4.79 Å². The maximum Gasteiger partial charge on any atom is 0.408 e. The Balaban J connectivity index is 3.15. The molecular weight excluding hydrogens is 346 g/mol. The number of hydrogen-bond donors (Lipinski definition) is 1. The van der Waals surface area contributed by atoms with Gasteiger partial charge in [0.25, 0.3) is 0 Å². The Hall–Kier alpha value is -2.34. The highest BCUT2D eigenvalue weighted by molar-refractivity contribution is 5.68. The molecule has 0 spiro atoms. The molecule has 1 N–H and O–H groups in total. The molecule has 0 aromatic heterocycles. The normalized spacial score (nSPS) is 13.0. The molecule has 0 saturated carbocycles. The maximum absolute atomic E-state index is 12.1. The highest BCUT2D eigenvalue weighted by atomic mass is 17.2. The lowest BCUT2D eigenvalue weighted by Crippen LogP contribution is -2.52. The molecule has 1 atom stereocenters. The largest absolute Gasteiger partial charge is 0.465 e. The van der Waals surface area contributed by atoms with Crippen molar-refractivity contribution in [1.29, 1.82) is 0 Å². The SMILES string of the molecule is C=C(C)c1cccc(C(C)(C)N(C(=O)O)C(C)CC(C)(C)OOC(C)=O)c1. The number of amides is 1. The zero-order valence-corrected chi connectivity index (χ0v) is 17.3. The summed E-state index contributed by atoms with van der Waals surface area (Å²) in [6.07, 6.45) is -0.688. The minimum Gasteiger partial charge on any atom is -0.465 e. The van der Waals surface area contributed by atoms with E-state index >= 15 is 0 Å². The van der Waals surface area contributed by atoms with Gasteiger partial charge in [0.2, 0.25) is 0 Å². The van der Waals surface area contributed by atoms with E-state index in [1.165, 1.54) is 11.8 Å². The zero-order valence-electron chi connectivity index (χ0n) is 17.3. The van der Waals surface area contributed by atoms with Gasteiger partial charge in [-0.2, -0.15) is 4.89 Å². The van der Waals surface area contributed by atoms with Crippen molar-refractivity contribution in [2.45, 2.75) is 72.1 Å². The van der Waals surface area contributed by atoms with Crippen LogP contribution in [-0.2, 0) is 20.1 Å². The summed E-state index contributed by atoms with van der Waals surface area (Å²) in [6.45, 7) is 16.2. The number of carbonyl (C=O) groups excluding carboxylic acids is 1. The van der Waals surface area contributed by atoms with E-state index in [1.807, 2.05) is 52.0 Å². The predicted molar refractivity (Wildman–Crippen MR) is 105 cm³/mol. The van der Waals surface area contributed by atoms with Crippen molar-refractivity contribution >= 4 is 17.6 Å². The maximum atomic E-state index is 12.1. The lowest BCUT2D eigenvalue weighted by molar-refractivity contribution is -0.326. The molecule has 0 saturated heterocycles. The van der Waals surface area contributed by atoms with Crippen molar-refractivity contribution in [2.24, 2.45) is 0 Å². The van der Waals surface area contributed by atoms with E-state index in [9.17, 15) is 14.7 Å². The molecule has 0 fully saturated rings. The Morgan fingerprint density at radius 1 is 1.22 bits per heavy atom. The van der Waals surface area contributed by atoms with Crippen LogP contribution in [0.2, 0.25) is 0 Å². The summed E-state index contributed by atoms with van der Waals surface area (Å²) in [4.78, 5) is 34.3. The fraction of sp³-hybridized carbons (Fsp3) is 0.524. The summed E-state index contributed by atoms with van der Waals surface area (Å²) in [5.41, 5.74) is 1.13. The zero-order chi connectivity index (χ0) is 21.0. The van der Waals surface area contributed by atoms with Crippen LogP contribution in [0.1, 0.15) is 66.0 Å². The summed E-state index contributed by atoms with van der Waals surface area (Å²) < 4.78 is 0. The number of carboxylic acid groups (broad SMARTS) is 1. The summed E-state index contributed by atoms with van der Waals surface area (Å²) in [5, 5.41) is 9.92. The van der Waals surface area contributed by atoms with Crippen LogP contribution in [0.15, 0.2) is 30.8 Å². The summed E-state index contributed by atoms with van der Waals surface area (Å²) >= 11 is 0. The van der Waals surface area contributed by atoms with Gasteiger partial charge in [-0.15, -0.1) is 0 Å². The topological polar surface area (TPSA) is 76.1 Å². The van der Waals surface area contributed by atoms with Crippen LogP contribution in [0, 0.1) is 0 Å². The average Bonchev–Trinajstić information content (AvgIpc) is 2.52. The van der Waals surface area contributed by atoms with Crippen LogP contribution in [-0.4, -0.2) is 33.7 Å². The van der Waals surface area contributed by atoms with E-state index in [4.69, 9.17) is 4.89 Å². The standard InChI is InChI=1S/C21H31NO5/c1-14(2)17-10-9-11-18(12-17)21(7,8)22(19(24)25)15(3)13-20(5,6)27-26-16(4)23/h9-12,15H,1,13H2,2-8H3,(H,24,25). The summed E-state index contributed by atoms with van der Waals surface area (Å²) in [7, 11) is 0. The third-order valence-electron chi connectivity index (χ3n) is 4.48. The van der Waals surface area contributed by atoms with Gasteiger partial charge in [-0.3, -0.25) is 9.79 Å². The number of rotatable bonds is 8. The molecule has 0 bridgehead atoms. The second-order valence-corrected chi connectivity index (χ2v) is 8.04. The Labute approximate surface area is 161 Å². The van der Waals surface area contributed by atoms with Crippen molar-refractivity contribution in [3.05, 3.63) is 42.0 Å². The average molecular weight is 377 g/mol. The molecule has 1 unspecified atom stereocenters. The van der Waals surface area contributed by atoms with Gasteiger partial charge in [-0.05, 0) is 58.7 Å². The first kappa shape index (κ1) is 22.7. The number of benzene rings is 1. The molecular formula is C21H31NO5. The highest BCUT2D eigenvalue weighted by Gasteiger charge is 2.39. The van der Waals surface area contributed by atoms with Crippen molar-refractivity contribution in [1.82, 2.24) is 4.90 Å². The lowest BCUT2D eigenvalue weighted by Gasteiger charge is -2.43. The van der Waals surface area contributed by atoms with E-state index in [0.29, 0.717) is 6.42 Å². The number of hydrogen-bond acceptors (Lipinski definition) is 4. The van der Waals surface area contributed by atoms with E-state index in [-0.39, 0.29) is 0 Å². The Morgan fingerprint density at radius 3 is 2.30 bits per heavy atom. The quantitative estimate of drug-likeness (QED) is 0.510. The molecule has 0 aliphatic carbocycles. The fourth-order valence-electron chi connectivity index (χ4n) is 3.29. The first-order chi connectivity index (χ1) is 12.3. The van der Waals surface area contributed by atoms with Crippen molar-refractivity contribution in [2.75, 3.05) is 0 Å². The molecule has 0 radical (unpaired) electrons. The second kappa shape index (κ2) is 8.57. The van der Waals surface area contributed by atoms with Gasteiger partial charge >= 0.3 is 12.1 Å². The first-order valence-corrected chi connectivity index (χ1v) is 8.93. The van der Waals surface area contributed by atoms with E-state index in [0.717, 1.165) is 16.7 Å². The van der Waals surface area contributed by atoms with Crippen LogP contribution >= 0.6 is 0 Å². The van der Waals surface area contributed by atoms with Crippen molar-refractivity contribution < 1.29 is 24.5 Å².